The van der Waals surface area contributed by atoms with Gasteiger partial charge in [-0.1, -0.05) is 30.3 Å². The first kappa shape index (κ1) is 14.2. The Morgan fingerprint density at radius 2 is 1.87 bits per heavy atom. The summed E-state index contributed by atoms with van der Waals surface area (Å²) in [6, 6.07) is 13.6. The number of aromatic nitrogens is 1. The van der Waals surface area contributed by atoms with Gasteiger partial charge in [-0.2, -0.15) is 0 Å². The van der Waals surface area contributed by atoms with Gasteiger partial charge in [-0.25, -0.2) is 4.98 Å². The molecule has 1 amide bonds. The Kier molecular flexibility index (Phi) is 3.71. The van der Waals surface area contributed by atoms with Gasteiger partial charge >= 0.3 is 0 Å². The molecule has 1 aromatic carbocycles. The highest BCUT2D eigenvalue weighted by Crippen LogP contribution is 2.35. The minimum Gasteiger partial charge on any atom is -0.462 e. The number of rotatable bonds is 3. The zero-order valence-electron chi connectivity index (χ0n) is 12.6. The molecular formula is C18H16N2O2S. The van der Waals surface area contributed by atoms with Crippen LogP contribution >= 0.6 is 11.3 Å². The molecule has 0 saturated carbocycles. The molecule has 0 bridgehead atoms. The van der Waals surface area contributed by atoms with E-state index in [4.69, 9.17) is 9.40 Å². The summed E-state index contributed by atoms with van der Waals surface area (Å²) < 4.78 is 5.45. The Morgan fingerprint density at radius 3 is 2.57 bits per heavy atom. The van der Waals surface area contributed by atoms with Crippen molar-refractivity contribution < 1.29 is 9.21 Å². The van der Waals surface area contributed by atoms with E-state index in [1.165, 1.54) is 11.3 Å². The van der Waals surface area contributed by atoms with E-state index < -0.39 is 0 Å². The summed E-state index contributed by atoms with van der Waals surface area (Å²) in [6.45, 7) is 1.67. The smallest absolute Gasteiger partial charge is 0.266 e. The summed E-state index contributed by atoms with van der Waals surface area (Å²) in [5, 5.41) is 0.747. The van der Waals surface area contributed by atoms with E-state index in [0.717, 1.165) is 42.2 Å². The molecule has 3 heterocycles. The monoisotopic (exact) mass is 324 g/mol. The van der Waals surface area contributed by atoms with Crippen LogP contribution in [0, 0.1) is 0 Å². The van der Waals surface area contributed by atoms with Crippen molar-refractivity contribution in [2.45, 2.75) is 12.8 Å². The SMILES string of the molecule is O=C(c1sc(-c2ccco2)nc1-c1ccccc1)N1CCCC1. The Hall–Kier alpha value is -2.40. The average Bonchev–Trinajstić information content (AvgIpc) is 3.35. The van der Waals surface area contributed by atoms with E-state index in [-0.39, 0.29) is 5.91 Å². The number of amides is 1. The molecule has 0 spiro atoms. The maximum absolute atomic E-state index is 12.9. The average molecular weight is 324 g/mol. The van der Waals surface area contributed by atoms with Crippen LogP contribution in [0.3, 0.4) is 0 Å². The molecule has 5 heteroatoms. The third-order valence-electron chi connectivity index (χ3n) is 3.99. The number of carbonyl (C=O) groups is 1. The van der Waals surface area contributed by atoms with Crippen molar-refractivity contribution in [2.75, 3.05) is 13.1 Å². The van der Waals surface area contributed by atoms with Crippen LogP contribution in [0.25, 0.3) is 22.0 Å². The summed E-state index contributed by atoms with van der Waals surface area (Å²) in [4.78, 5) is 20.2. The minimum atomic E-state index is 0.0802. The summed E-state index contributed by atoms with van der Waals surface area (Å²) in [6.07, 6.45) is 3.79. The normalized spacial score (nSPS) is 14.3. The lowest BCUT2D eigenvalue weighted by atomic mass is 10.1. The van der Waals surface area contributed by atoms with Gasteiger partial charge in [0.25, 0.3) is 5.91 Å². The van der Waals surface area contributed by atoms with Crippen molar-refractivity contribution in [1.82, 2.24) is 9.88 Å². The first-order chi connectivity index (χ1) is 11.3. The topological polar surface area (TPSA) is 46.3 Å². The van der Waals surface area contributed by atoms with Crippen molar-refractivity contribution in [3.05, 3.63) is 53.6 Å². The lowest BCUT2D eigenvalue weighted by molar-refractivity contribution is 0.0798. The molecule has 1 aliphatic heterocycles. The van der Waals surface area contributed by atoms with Crippen LogP contribution in [-0.2, 0) is 0 Å². The van der Waals surface area contributed by atoms with Crippen LogP contribution in [0.15, 0.2) is 53.1 Å². The molecule has 116 valence electrons. The van der Waals surface area contributed by atoms with Gasteiger partial charge in [0.05, 0.1) is 12.0 Å². The van der Waals surface area contributed by atoms with Gasteiger partial charge in [-0.15, -0.1) is 11.3 Å². The molecule has 1 saturated heterocycles. The first-order valence-corrected chi connectivity index (χ1v) is 8.54. The number of likely N-dealkylation sites (tertiary alicyclic amines) is 1. The Labute approximate surface area is 138 Å². The molecule has 1 aliphatic rings. The summed E-state index contributed by atoms with van der Waals surface area (Å²) in [5.74, 6) is 0.782. The molecule has 0 unspecified atom stereocenters. The zero-order valence-corrected chi connectivity index (χ0v) is 13.4. The largest absolute Gasteiger partial charge is 0.462 e. The molecule has 0 radical (unpaired) electrons. The summed E-state index contributed by atoms with van der Waals surface area (Å²) in [7, 11) is 0. The van der Waals surface area contributed by atoms with E-state index in [1.54, 1.807) is 6.26 Å². The number of hydrogen-bond acceptors (Lipinski definition) is 4. The second-order valence-electron chi connectivity index (χ2n) is 5.54. The van der Waals surface area contributed by atoms with E-state index in [9.17, 15) is 4.79 Å². The highest BCUT2D eigenvalue weighted by Gasteiger charge is 2.26. The van der Waals surface area contributed by atoms with Crippen LogP contribution < -0.4 is 0 Å². The van der Waals surface area contributed by atoms with Crippen molar-refractivity contribution in [1.29, 1.82) is 0 Å². The number of thiazole rings is 1. The third kappa shape index (κ3) is 2.68. The molecule has 4 nitrogen and oxygen atoms in total. The Balaban J connectivity index is 1.80. The fourth-order valence-electron chi connectivity index (χ4n) is 2.83. The molecule has 0 atom stereocenters. The standard InChI is InChI=1S/C18H16N2O2S/c21-18(20-10-4-5-11-20)16-15(13-7-2-1-3-8-13)19-17(23-16)14-9-6-12-22-14/h1-3,6-9,12H,4-5,10-11H2. The molecule has 0 N–H and O–H groups in total. The number of carbonyl (C=O) groups excluding carboxylic acids is 1. The summed E-state index contributed by atoms with van der Waals surface area (Å²) >= 11 is 1.41. The third-order valence-corrected chi connectivity index (χ3v) is 5.05. The number of hydrogen-bond donors (Lipinski definition) is 0. The van der Waals surface area contributed by atoms with E-state index >= 15 is 0 Å². The van der Waals surface area contributed by atoms with Crippen molar-refractivity contribution in [2.24, 2.45) is 0 Å². The van der Waals surface area contributed by atoms with Crippen LogP contribution in [-0.4, -0.2) is 28.9 Å². The van der Waals surface area contributed by atoms with Crippen LogP contribution in [0.4, 0.5) is 0 Å². The fraction of sp³-hybridized carbons (Fsp3) is 0.222. The second-order valence-corrected chi connectivity index (χ2v) is 6.54. The minimum absolute atomic E-state index is 0.0802. The molecule has 3 aromatic rings. The van der Waals surface area contributed by atoms with Gasteiger partial charge in [-0.05, 0) is 25.0 Å². The maximum Gasteiger partial charge on any atom is 0.266 e. The van der Waals surface area contributed by atoms with Gasteiger partial charge in [-0.3, -0.25) is 4.79 Å². The molecule has 2 aromatic heterocycles. The van der Waals surface area contributed by atoms with Crippen molar-refractivity contribution in [3.8, 4) is 22.0 Å². The predicted octanol–water partition coefficient (Wildman–Crippen LogP) is 4.31. The molecule has 1 fully saturated rings. The van der Waals surface area contributed by atoms with Crippen LogP contribution in [0.5, 0.6) is 0 Å². The lowest BCUT2D eigenvalue weighted by Gasteiger charge is -2.14. The van der Waals surface area contributed by atoms with Crippen molar-refractivity contribution >= 4 is 17.2 Å². The Morgan fingerprint density at radius 1 is 1.09 bits per heavy atom. The highest BCUT2D eigenvalue weighted by atomic mass is 32.1. The van der Waals surface area contributed by atoms with E-state index in [1.807, 2.05) is 47.4 Å². The van der Waals surface area contributed by atoms with Crippen molar-refractivity contribution in [3.63, 3.8) is 0 Å². The Bertz CT molecular complexity index is 803. The fourth-order valence-corrected chi connectivity index (χ4v) is 3.85. The number of benzene rings is 1. The molecule has 0 aliphatic carbocycles. The first-order valence-electron chi connectivity index (χ1n) is 7.72. The number of nitrogens with zero attached hydrogens (tertiary/aromatic N) is 2. The van der Waals surface area contributed by atoms with Crippen LogP contribution in [0.1, 0.15) is 22.5 Å². The van der Waals surface area contributed by atoms with Gasteiger partial charge < -0.3 is 9.32 Å². The molecular weight excluding hydrogens is 308 g/mol. The zero-order chi connectivity index (χ0) is 15.6. The van der Waals surface area contributed by atoms with E-state index in [0.29, 0.717) is 10.6 Å². The maximum atomic E-state index is 12.9. The van der Waals surface area contributed by atoms with Gasteiger partial charge in [0.15, 0.2) is 10.8 Å². The van der Waals surface area contributed by atoms with Gasteiger partial charge in [0, 0.05) is 18.7 Å². The quantitative estimate of drug-likeness (QED) is 0.721. The second kappa shape index (κ2) is 6.01. The van der Waals surface area contributed by atoms with E-state index in [2.05, 4.69) is 0 Å². The van der Waals surface area contributed by atoms with Gasteiger partial charge in [0.2, 0.25) is 0 Å². The highest BCUT2D eigenvalue weighted by molar-refractivity contribution is 7.17. The molecule has 4 rings (SSSR count). The van der Waals surface area contributed by atoms with Crippen LogP contribution in [0.2, 0.25) is 0 Å². The van der Waals surface area contributed by atoms with Gasteiger partial charge in [0.1, 0.15) is 4.88 Å². The number of furan rings is 1. The predicted molar refractivity (Wildman–Crippen MR) is 90.4 cm³/mol. The summed E-state index contributed by atoms with van der Waals surface area (Å²) in [5.41, 5.74) is 1.71. The lowest BCUT2D eigenvalue weighted by Crippen LogP contribution is -2.27. The molecule has 23 heavy (non-hydrogen) atoms.